The molecule has 1 aromatic carbocycles. The van der Waals surface area contributed by atoms with E-state index < -0.39 is 0 Å². The molecule has 0 bridgehead atoms. The topological polar surface area (TPSA) is 39.4 Å². The number of benzene rings is 1. The van der Waals surface area contributed by atoms with E-state index >= 15 is 0 Å². The van der Waals surface area contributed by atoms with Gasteiger partial charge in [0.25, 0.3) is 0 Å². The zero-order chi connectivity index (χ0) is 13.2. The molecule has 0 spiro atoms. The Labute approximate surface area is 111 Å². The van der Waals surface area contributed by atoms with Crippen LogP contribution in [0, 0.1) is 13.8 Å². The average molecular weight is 253 g/mol. The van der Waals surface area contributed by atoms with Gasteiger partial charge < -0.3 is 4.74 Å². The van der Waals surface area contributed by atoms with Crippen LogP contribution in [0.25, 0.3) is 5.65 Å². The molecular weight excluding hydrogens is 238 g/mol. The van der Waals surface area contributed by atoms with Crippen LogP contribution >= 0.6 is 0 Å². The summed E-state index contributed by atoms with van der Waals surface area (Å²) in [5, 5.41) is 4.37. The minimum absolute atomic E-state index is 0.379. The van der Waals surface area contributed by atoms with Gasteiger partial charge in [-0.3, -0.25) is 0 Å². The van der Waals surface area contributed by atoms with Crippen LogP contribution in [0.1, 0.15) is 17.0 Å². The minimum Gasteiger partial charge on any atom is -0.486 e. The van der Waals surface area contributed by atoms with Crippen LogP contribution in [-0.2, 0) is 6.61 Å². The fourth-order valence-corrected chi connectivity index (χ4v) is 1.87. The van der Waals surface area contributed by atoms with E-state index in [4.69, 9.17) is 4.74 Å². The first-order chi connectivity index (χ1) is 9.20. The second-order valence-corrected chi connectivity index (χ2v) is 4.64. The van der Waals surface area contributed by atoms with Crippen molar-refractivity contribution in [1.82, 2.24) is 14.6 Å². The van der Waals surface area contributed by atoms with Crippen molar-refractivity contribution in [1.29, 1.82) is 0 Å². The first kappa shape index (κ1) is 11.7. The molecular formula is C15H15N3O. The van der Waals surface area contributed by atoms with E-state index in [1.807, 2.05) is 49.5 Å². The Morgan fingerprint density at radius 1 is 1.05 bits per heavy atom. The third kappa shape index (κ3) is 2.57. The number of ether oxygens (including phenoxy) is 1. The van der Waals surface area contributed by atoms with Crippen molar-refractivity contribution in [3.05, 3.63) is 59.5 Å². The number of rotatable bonds is 3. The van der Waals surface area contributed by atoms with Crippen molar-refractivity contribution in [3.63, 3.8) is 0 Å². The SMILES string of the molecule is Cc1ccc(OCc2nc3cc(C)ccn3n2)cc1. The number of pyridine rings is 1. The van der Waals surface area contributed by atoms with Crippen molar-refractivity contribution in [2.75, 3.05) is 0 Å². The van der Waals surface area contributed by atoms with Crippen LogP contribution in [0.2, 0.25) is 0 Å². The maximum atomic E-state index is 5.67. The first-order valence-electron chi connectivity index (χ1n) is 6.22. The second-order valence-electron chi connectivity index (χ2n) is 4.64. The largest absolute Gasteiger partial charge is 0.486 e. The van der Waals surface area contributed by atoms with Crippen LogP contribution in [0.4, 0.5) is 0 Å². The highest BCUT2D eigenvalue weighted by Gasteiger charge is 2.04. The zero-order valence-corrected chi connectivity index (χ0v) is 11.0. The summed E-state index contributed by atoms with van der Waals surface area (Å²) in [7, 11) is 0. The lowest BCUT2D eigenvalue weighted by Crippen LogP contribution is -1.98. The van der Waals surface area contributed by atoms with Crippen molar-refractivity contribution < 1.29 is 4.74 Å². The Kier molecular flexibility index (Phi) is 2.91. The fraction of sp³-hybridized carbons (Fsp3) is 0.200. The first-order valence-corrected chi connectivity index (χ1v) is 6.22. The third-order valence-corrected chi connectivity index (χ3v) is 2.93. The molecule has 4 nitrogen and oxygen atoms in total. The average Bonchev–Trinajstić information content (AvgIpc) is 2.80. The van der Waals surface area contributed by atoms with E-state index in [0.29, 0.717) is 12.4 Å². The van der Waals surface area contributed by atoms with E-state index in [1.54, 1.807) is 4.52 Å². The Bertz CT molecular complexity index is 701. The lowest BCUT2D eigenvalue weighted by Gasteiger charge is -2.03. The molecule has 0 aliphatic rings. The van der Waals surface area contributed by atoms with Crippen molar-refractivity contribution >= 4 is 5.65 Å². The monoisotopic (exact) mass is 253 g/mol. The van der Waals surface area contributed by atoms with E-state index in [-0.39, 0.29) is 0 Å². The van der Waals surface area contributed by atoms with Gasteiger partial charge in [0.1, 0.15) is 12.4 Å². The van der Waals surface area contributed by atoms with Crippen LogP contribution in [0.3, 0.4) is 0 Å². The summed E-state index contributed by atoms with van der Waals surface area (Å²) in [6.45, 7) is 4.47. The van der Waals surface area contributed by atoms with E-state index in [0.717, 1.165) is 11.4 Å². The molecule has 0 radical (unpaired) electrons. The highest BCUT2D eigenvalue weighted by Crippen LogP contribution is 2.13. The summed E-state index contributed by atoms with van der Waals surface area (Å²) in [6, 6.07) is 12.0. The van der Waals surface area contributed by atoms with Crippen molar-refractivity contribution in [3.8, 4) is 5.75 Å². The Morgan fingerprint density at radius 2 is 1.84 bits per heavy atom. The van der Waals surface area contributed by atoms with Gasteiger partial charge in [-0.05, 0) is 43.7 Å². The van der Waals surface area contributed by atoms with Gasteiger partial charge in [0.05, 0.1) is 0 Å². The summed E-state index contributed by atoms with van der Waals surface area (Å²) in [5.74, 6) is 1.52. The van der Waals surface area contributed by atoms with Gasteiger partial charge in [0.15, 0.2) is 11.5 Å². The molecule has 3 rings (SSSR count). The highest BCUT2D eigenvalue weighted by atomic mass is 16.5. The lowest BCUT2D eigenvalue weighted by molar-refractivity contribution is 0.296. The number of aromatic nitrogens is 3. The van der Waals surface area contributed by atoms with Gasteiger partial charge in [0.2, 0.25) is 0 Å². The summed E-state index contributed by atoms with van der Waals surface area (Å²) < 4.78 is 7.43. The Hall–Kier alpha value is -2.36. The summed E-state index contributed by atoms with van der Waals surface area (Å²) >= 11 is 0. The molecule has 19 heavy (non-hydrogen) atoms. The number of hydrogen-bond donors (Lipinski definition) is 0. The van der Waals surface area contributed by atoms with Gasteiger partial charge in [-0.15, -0.1) is 5.10 Å². The number of nitrogens with zero attached hydrogens (tertiary/aromatic N) is 3. The Balaban J connectivity index is 1.76. The predicted molar refractivity (Wildman–Crippen MR) is 73.2 cm³/mol. The summed E-state index contributed by atoms with van der Waals surface area (Å²) in [5.41, 5.74) is 3.24. The quantitative estimate of drug-likeness (QED) is 0.720. The number of fused-ring (bicyclic) bond motifs is 1. The van der Waals surface area contributed by atoms with E-state index in [1.165, 1.54) is 11.1 Å². The maximum Gasteiger partial charge on any atom is 0.189 e. The van der Waals surface area contributed by atoms with Crippen LogP contribution in [0.5, 0.6) is 5.75 Å². The molecule has 0 unspecified atom stereocenters. The van der Waals surface area contributed by atoms with Gasteiger partial charge in [-0.2, -0.15) is 0 Å². The predicted octanol–water partition coefficient (Wildman–Crippen LogP) is 2.93. The standard InChI is InChI=1S/C15H15N3O/c1-11-3-5-13(6-4-11)19-10-14-16-15-9-12(2)7-8-18(15)17-14/h3-9H,10H2,1-2H3. The van der Waals surface area contributed by atoms with Gasteiger partial charge in [-0.25, -0.2) is 9.50 Å². The molecule has 0 aliphatic heterocycles. The maximum absolute atomic E-state index is 5.67. The van der Waals surface area contributed by atoms with E-state index in [9.17, 15) is 0 Å². The van der Waals surface area contributed by atoms with Gasteiger partial charge >= 0.3 is 0 Å². The van der Waals surface area contributed by atoms with Crippen LogP contribution < -0.4 is 4.74 Å². The molecule has 2 heterocycles. The zero-order valence-electron chi connectivity index (χ0n) is 11.0. The molecule has 2 aromatic heterocycles. The molecule has 0 N–H and O–H groups in total. The summed E-state index contributed by atoms with van der Waals surface area (Å²) in [4.78, 5) is 4.43. The molecule has 0 saturated heterocycles. The number of hydrogen-bond acceptors (Lipinski definition) is 3. The third-order valence-electron chi connectivity index (χ3n) is 2.93. The fourth-order valence-electron chi connectivity index (χ4n) is 1.87. The van der Waals surface area contributed by atoms with E-state index in [2.05, 4.69) is 17.0 Å². The normalized spacial score (nSPS) is 10.8. The molecule has 0 fully saturated rings. The Morgan fingerprint density at radius 3 is 2.63 bits per heavy atom. The molecule has 96 valence electrons. The molecule has 0 saturated carbocycles. The molecule has 4 heteroatoms. The van der Waals surface area contributed by atoms with Crippen molar-refractivity contribution in [2.45, 2.75) is 20.5 Å². The molecule has 0 atom stereocenters. The smallest absolute Gasteiger partial charge is 0.189 e. The minimum atomic E-state index is 0.379. The molecule has 0 aliphatic carbocycles. The summed E-state index contributed by atoms with van der Waals surface area (Å²) in [6.07, 6.45) is 1.91. The number of aryl methyl sites for hydroxylation is 2. The second kappa shape index (κ2) is 4.72. The van der Waals surface area contributed by atoms with Gasteiger partial charge in [-0.1, -0.05) is 17.7 Å². The van der Waals surface area contributed by atoms with Crippen LogP contribution in [-0.4, -0.2) is 14.6 Å². The van der Waals surface area contributed by atoms with Crippen molar-refractivity contribution in [2.24, 2.45) is 0 Å². The molecule has 0 amide bonds. The van der Waals surface area contributed by atoms with Gasteiger partial charge in [0, 0.05) is 6.20 Å². The lowest BCUT2D eigenvalue weighted by atomic mass is 10.2. The van der Waals surface area contributed by atoms with Crippen LogP contribution in [0.15, 0.2) is 42.6 Å². The molecule has 3 aromatic rings. The highest BCUT2D eigenvalue weighted by molar-refractivity contribution is 5.40.